The number of halogens is 2. The lowest BCUT2D eigenvalue weighted by Gasteiger charge is -2.10. The van der Waals surface area contributed by atoms with Crippen LogP contribution in [0.3, 0.4) is 0 Å². The summed E-state index contributed by atoms with van der Waals surface area (Å²) in [6, 6.07) is 8.60. The zero-order valence-electron chi connectivity index (χ0n) is 14.2. The average molecular weight is 415 g/mol. The molecule has 2 aromatic rings. The quantitative estimate of drug-likeness (QED) is 0.814. The van der Waals surface area contributed by atoms with Gasteiger partial charge in [-0.1, -0.05) is 6.07 Å². The third-order valence-electron chi connectivity index (χ3n) is 4.11. The number of nitrogens with one attached hydrogen (secondary N) is 1. The van der Waals surface area contributed by atoms with Crippen molar-refractivity contribution in [3.8, 4) is 0 Å². The first-order valence-electron chi connectivity index (χ1n) is 8.02. The van der Waals surface area contributed by atoms with Crippen LogP contribution in [0.15, 0.2) is 47.4 Å². The van der Waals surface area contributed by atoms with Gasteiger partial charge in [0.1, 0.15) is 0 Å². The molecule has 3 rings (SSSR count). The number of hydrogen-bond acceptors (Lipinski definition) is 4. The number of amides is 1. The van der Waals surface area contributed by atoms with Crippen LogP contribution in [-0.4, -0.2) is 33.3 Å². The monoisotopic (exact) mass is 415 g/mol. The topological polar surface area (TPSA) is 72.5 Å². The normalized spacial score (nSPS) is 16.6. The Morgan fingerprint density at radius 1 is 1.15 bits per heavy atom. The van der Waals surface area contributed by atoms with E-state index in [9.17, 15) is 22.0 Å². The molecule has 0 spiro atoms. The first kappa shape index (κ1) is 21.3. The summed E-state index contributed by atoms with van der Waals surface area (Å²) in [4.78, 5) is 12.3. The number of hydrogen-bond donors (Lipinski definition) is 1. The summed E-state index contributed by atoms with van der Waals surface area (Å²) in [5.74, 6) is -2.82. The van der Waals surface area contributed by atoms with Crippen LogP contribution in [0.4, 0.5) is 14.5 Å². The van der Waals surface area contributed by atoms with Gasteiger partial charge in [0.05, 0.1) is 17.3 Å². The SMILES string of the molecule is O=C(Nc1ccc(F)c(F)c1)c1cccc(S(=O)(=O)C[C@@H]2CCOC2)c1.S. The number of carbonyl (C=O) groups is 1. The molecule has 1 aliphatic heterocycles. The molecule has 1 aliphatic rings. The lowest BCUT2D eigenvalue weighted by atomic mass is 10.2. The highest BCUT2D eigenvalue weighted by Gasteiger charge is 2.25. The Balaban J connectivity index is 0.00000261. The van der Waals surface area contributed by atoms with Gasteiger partial charge in [0.2, 0.25) is 0 Å². The Morgan fingerprint density at radius 2 is 1.93 bits per heavy atom. The van der Waals surface area contributed by atoms with Crippen LogP contribution < -0.4 is 5.32 Å². The summed E-state index contributed by atoms with van der Waals surface area (Å²) in [5.41, 5.74) is 0.184. The molecule has 0 aromatic heterocycles. The van der Waals surface area contributed by atoms with Gasteiger partial charge in [-0.2, -0.15) is 13.5 Å². The van der Waals surface area contributed by atoms with Crippen LogP contribution in [-0.2, 0) is 14.6 Å². The van der Waals surface area contributed by atoms with Crippen molar-refractivity contribution in [3.63, 3.8) is 0 Å². The van der Waals surface area contributed by atoms with Crippen molar-refractivity contribution in [1.29, 1.82) is 0 Å². The highest BCUT2D eigenvalue weighted by molar-refractivity contribution is 7.91. The molecule has 2 aromatic carbocycles. The van der Waals surface area contributed by atoms with E-state index in [1.54, 1.807) is 0 Å². The summed E-state index contributed by atoms with van der Waals surface area (Å²) < 4.78 is 56.4. The van der Waals surface area contributed by atoms with Crippen LogP contribution in [0.5, 0.6) is 0 Å². The predicted octanol–water partition coefficient (Wildman–Crippen LogP) is 3.14. The van der Waals surface area contributed by atoms with E-state index in [2.05, 4.69) is 5.32 Å². The van der Waals surface area contributed by atoms with E-state index in [1.165, 1.54) is 30.3 Å². The highest BCUT2D eigenvalue weighted by Crippen LogP contribution is 2.21. The van der Waals surface area contributed by atoms with Crippen LogP contribution >= 0.6 is 13.5 Å². The van der Waals surface area contributed by atoms with Crippen molar-refractivity contribution in [2.75, 3.05) is 24.3 Å². The van der Waals surface area contributed by atoms with Gasteiger partial charge in [-0.05, 0) is 42.7 Å². The molecule has 0 bridgehead atoms. The highest BCUT2D eigenvalue weighted by atomic mass is 32.2. The average Bonchev–Trinajstić information content (AvgIpc) is 3.10. The van der Waals surface area contributed by atoms with Gasteiger partial charge < -0.3 is 10.1 Å². The third kappa shape index (κ3) is 5.27. The van der Waals surface area contributed by atoms with E-state index in [1.807, 2.05) is 0 Å². The Kier molecular flexibility index (Phi) is 6.96. The van der Waals surface area contributed by atoms with E-state index in [4.69, 9.17) is 4.74 Å². The van der Waals surface area contributed by atoms with Crippen molar-refractivity contribution in [2.24, 2.45) is 5.92 Å². The molecule has 0 radical (unpaired) electrons. The molecule has 0 unspecified atom stereocenters. The maximum Gasteiger partial charge on any atom is 0.255 e. The zero-order valence-corrected chi connectivity index (χ0v) is 16.1. The van der Waals surface area contributed by atoms with Crippen LogP contribution in [0.25, 0.3) is 0 Å². The molecule has 1 heterocycles. The second-order valence-corrected chi connectivity index (χ2v) is 8.16. The minimum absolute atomic E-state index is 0. The second-order valence-electron chi connectivity index (χ2n) is 6.12. The summed E-state index contributed by atoms with van der Waals surface area (Å²) >= 11 is 0. The van der Waals surface area contributed by atoms with Crippen LogP contribution in [0.1, 0.15) is 16.8 Å². The lowest BCUT2D eigenvalue weighted by molar-refractivity contribution is 0.102. The molecular formula is C18H19F2NO4S2. The predicted molar refractivity (Wildman–Crippen MR) is 102 cm³/mol. The lowest BCUT2D eigenvalue weighted by Crippen LogP contribution is -2.18. The molecule has 1 atom stereocenters. The Morgan fingerprint density at radius 3 is 2.59 bits per heavy atom. The van der Waals surface area contributed by atoms with Crippen LogP contribution in [0.2, 0.25) is 0 Å². The Labute approximate surface area is 163 Å². The van der Waals surface area contributed by atoms with Crippen molar-refractivity contribution >= 4 is 34.9 Å². The van der Waals surface area contributed by atoms with Crippen molar-refractivity contribution in [3.05, 3.63) is 59.7 Å². The minimum Gasteiger partial charge on any atom is -0.381 e. The van der Waals surface area contributed by atoms with E-state index in [0.717, 1.165) is 12.1 Å². The third-order valence-corrected chi connectivity index (χ3v) is 5.99. The maximum atomic E-state index is 13.2. The number of rotatable bonds is 5. The molecule has 0 aliphatic carbocycles. The van der Waals surface area contributed by atoms with Gasteiger partial charge in [0.15, 0.2) is 21.5 Å². The van der Waals surface area contributed by atoms with Crippen LogP contribution in [0, 0.1) is 17.6 Å². The van der Waals surface area contributed by atoms with Gasteiger partial charge in [0, 0.05) is 23.9 Å². The molecule has 27 heavy (non-hydrogen) atoms. The van der Waals surface area contributed by atoms with Crippen molar-refractivity contribution in [2.45, 2.75) is 11.3 Å². The van der Waals surface area contributed by atoms with Crippen molar-refractivity contribution < 1.29 is 26.7 Å². The molecule has 9 heteroatoms. The number of anilines is 1. The van der Waals surface area contributed by atoms with Gasteiger partial charge in [-0.15, -0.1) is 0 Å². The van der Waals surface area contributed by atoms with Gasteiger partial charge in [-0.25, -0.2) is 17.2 Å². The zero-order chi connectivity index (χ0) is 18.7. The number of ether oxygens (including phenoxy) is 1. The van der Waals surface area contributed by atoms with E-state index in [0.29, 0.717) is 19.6 Å². The molecule has 0 saturated carbocycles. The first-order valence-corrected chi connectivity index (χ1v) is 9.67. The number of sulfone groups is 1. The summed E-state index contributed by atoms with van der Waals surface area (Å²) in [6.07, 6.45) is 0.690. The molecule has 1 N–H and O–H groups in total. The number of benzene rings is 2. The standard InChI is InChI=1S/C18H17F2NO4S.H2S/c19-16-5-4-14(9-17(16)20)21-18(22)13-2-1-3-15(8-13)26(23,24)11-12-6-7-25-10-12;/h1-5,8-9,12H,6-7,10-11H2,(H,21,22);1H2/t12-;/m1./s1. The summed E-state index contributed by atoms with van der Waals surface area (Å²) in [5, 5.41) is 2.42. The summed E-state index contributed by atoms with van der Waals surface area (Å²) in [7, 11) is -3.55. The fourth-order valence-electron chi connectivity index (χ4n) is 2.73. The smallest absolute Gasteiger partial charge is 0.255 e. The largest absolute Gasteiger partial charge is 0.381 e. The summed E-state index contributed by atoms with van der Waals surface area (Å²) in [6.45, 7) is 0.965. The fraction of sp³-hybridized carbons (Fsp3) is 0.278. The van der Waals surface area contributed by atoms with Crippen molar-refractivity contribution in [1.82, 2.24) is 0 Å². The molecular weight excluding hydrogens is 396 g/mol. The Hall–Kier alpha value is -1.97. The first-order chi connectivity index (χ1) is 12.3. The number of carbonyl (C=O) groups excluding carboxylic acids is 1. The van der Waals surface area contributed by atoms with Gasteiger partial charge >= 0.3 is 0 Å². The van der Waals surface area contributed by atoms with Gasteiger partial charge in [0.25, 0.3) is 5.91 Å². The molecule has 5 nitrogen and oxygen atoms in total. The maximum absolute atomic E-state index is 13.2. The van der Waals surface area contributed by atoms with E-state index < -0.39 is 27.4 Å². The minimum atomic E-state index is -3.55. The molecule has 146 valence electrons. The Bertz CT molecular complexity index is 929. The van der Waals surface area contributed by atoms with Gasteiger partial charge in [-0.3, -0.25) is 4.79 Å². The van der Waals surface area contributed by atoms with E-state index in [-0.39, 0.29) is 41.3 Å². The second kappa shape index (κ2) is 8.81. The fourth-order valence-corrected chi connectivity index (χ4v) is 4.40. The van der Waals surface area contributed by atoms with E-state index >= 15 is 0 Å². The molecule has 1 fully saturated rings. The molecule has 1 saturated heterocycles. The molecule has 1 amide bonds.